The normalized spacial score (nSPS) is 10.7. The van der Waals surface area contributed by atoms with Gasteiger partial charge in [0.2, 0.25) is 0 Å². The van der Waals surface area contributed by atoms with Crippen LogP contribution in [0.2, 0.25) is 0 Å². The summed E-state index contributed by atoms with van der Waals surface area (Å²) in [6.45, 7) is 0. The van der Waals surface area contributed by atoms with E-state index in [1.807, 2.05) is 18.2 Å². The van der Waals surface area contributed by atoms with Crippen LogP contribution in [0.5, 0.6) is 0 Å². The number of aromatic nitrogens is 2. The van der Waals surface area contributed by atoms with Crippen LogP contribution in [-0.4, -0.2) is 15.3 Å². The summed E-state index contributed by atoms with van der Waals surface area (Å²) in [5.41, 5.74) is 0.689. The molecular weight excluding hydrogens is 188 g/mol. The SMILES string of the molecule is O=C(/C=C/n1ccnc1)c1ccccc1. The van der Waals surface area contributed by atoms with Crippen molar-refractivity contribution in [2.45, 2.75) is 0 Å². The van der Waals surface area contributed by atoms with Gasteiger partial charge in [-0.15, -0.1) is 0 Å². The summed E-state index contributed by atoms with van der Waals surface area (Å²) in [4.78, 5) is 15.5. The molecule has 0 saturated carbocycles. The van der Waals surface area contributed by atoms with Gasteiger partial charge in [-0.25, -0.2) is 4.98 Å². The van der Waals surface area contributed by atoms with Crippen molar-refractivity contribution >= 4 is 12.0 Å². The molecule has 3 heteroatoms. The summed E-state index contributed by atoms with van der Waals surface area (Å²) < 4.78 is 1.72. The van der Waals surface area contributed by atoms with Crippen LogP contribution in [0.15, 0.2) is 55.1 Å². The van der Waals surface area contributed by atoms with Crippen LogP contribution < -0.4 is 0 Å². The van der Waals surface area contributed by atoms with Crippen LogP contribution in [0, 0.1) is 0 Å². The van der Waals surface area contributed by atoms with Crippen molar-refractivity contribution in [3.63, 3.8) is 0 Å². The lowest BCUT2D eigenvalue weighted by molar-refractivity contribution is 0.104. The molecule has 0 saturated heterocycles. The standard InChI is InChI=1S/C12H10N2O/c15-12(11-4-2-1-3-5-11)6-8-14-9-7-13-10-14/h1-10H/b8-6+. The average molecular weight is 198 g/mol. The van der Waals surface area contributed by atoms with E-state index >= 15 is 0 Å². The van der Waals surface area contributed by atoms with Gasteiger partial charge in [0, 0.05) is 30.2 Å². The molecule has 74 valence electrons. The van der Waals surface area contributed by atoms with Gasteiger partial charge in [0.05, 0.1) is 6.33 Å². The van der Waals surface area contributed by atoms with Gasteiger partial charge in [-0.05, 0) is 0 Å². The summed E-state index contributed by atoms with van der Waals surface area (Å²) in [6.07, 6.45) is 8.28. The molecule has 0 aliphatic rings. The molecule has 0 fully saturated rings. The molecule has 0 aliphatic carbocycles. The van der Waals surface area contributed by atoms with E-state index < -0.39 is 0 Å². The van der Waals surface area contributed by atoms with Crippen LogP contribution in [0.3, 0.4) is 0 Å². The lowest BCUT2D eigenvalue weighted by atomic mass is 10.1. The minimum absolute atomic E-state index is 0.00991. The lowest BCUT2D eigenvalue weighted by Crippen LogP contribution is -1.93. The highest BCUT2D eigenvalue weighted by Gasteiger charge is 1.98. The highest BCUT2D eigenvalue weighted by atomic mass is 16.1. The molecule has 0 spiro atoms. The highest BCUT2D eigenvalue weighted by Crippen LogP contribution is 2.01. The molecular formula is C12H10N2O. The van der Waals surface area contributed by atoms with E-state index in [0.717, 1.165) is 0 Å². The first-order chi connectivity index (χ1) is 7.36. The molecule has 1 heterocycles. The number of imidazole rings is 1. The Kier molecular flexibility index (Phi) is 2.74. The Bertz CT molecular complexity index is 458. The number of carbonyl (C=O) groups excluding carboxylic acids is 1. The number of ketones is 1. The van der Waals surface area contributed by atoms with Crippen molar-refractivity contribution in [2.75, 3.05) is 0 Å². The third-order valence-corrected chi connectivity index (χ3v) is 1.98. The van der Waals surface area contributed by atoms with Crippen molar-refractivity contribution < 1.29 is 4.79 Å². The number of hydrogen-bond acceptors (Lipinski definition) is 2. The maximum atomic E-state index is 11.6. The van der Waals surface area contributed by atoms with Crippen LogP contribution in [0.25, 0.3) is 6.20 Å². The third-order valence-electron chi connectivity index (χ3n) is 1.98. The first kappa shape index (κ1) is 9.40. The summed E-state index contributed by atoms with van der Waals surface area (Å²) in [7, 11) is 0. The quantitative estimate of drug-likeness (QED) is 0.560. The molecule has 1 aromatic carbocycles. The fourth-order valence-corrected chi connectivity index (χ4v) is 1.21. The molecule has 1 aromatic heterocycles. The lowest BCUT2D eigenvalue weighted by Gasteiger charge is -1.94. The zero-order valence-electron chi connectivity index (χ0n) is 8.08. The zero-order chi connectivity index (χ0) is 10.5. The van der Waals surface area contributed by atoms with E-state index in [4.69, 9.17) is 0 Å². The zero-order valence-corrected chi connectivity index (χ0v) is 8.08. The minimum Gasteiger partial charge on any atom is -0.313 e. The first-order valence-corrected chi connectivity index (χ1v) is 4.61. The van der Waals surface area contributed by atoms with Crippen LogP contribution in [-0.2, 0) is 0 Å². The van der Waals surface area contributed by atoms with E-state index in [1.54, 1.807) is 41.6 Å². The van der Waals surface area contributed by atoms with Crippen molar-refractivity contribution in [1.82, 2.24) is 9.55 Å². The molecule has 0 radical (unpaired) electrons. The molecule has 3 nitrogen and oxygen atoms in total. The van der Waals surface area contributed by atoms with Gasteiger partial charge in [0.1, 0.15) is 0 Å². The van der Waals surface area contributed by atoms with Gasteiger partial charge in [0.25, 0.3) is 0 Å². The van der Waals surface area contributed by atoms with Crippen LogP contribution in [0.1, 0.15) is 10.4 Å². The predicted octanol–water partition coefficient (Wildman–Crippen LogP) is 2.24. The molecule has 2 aromatic rings. The molecule has 0 aliphatic heterocycles. The van der Waals surface area contributed by atoms with Crippen LogP contribution >= 0.6 is 0 Å². The Balaban J connectivity index is 2.11. The van der Waals surface area contributed by atoms with Crippen molar-refractivity contribution in [3.05, 3.63) is 60.7 Å². The van der Waals surface area contributed by atoms with Crippen molar-refractivity contribution in [1.29, 1.82) is 0 Å². The third kappa shape index (κ3) is 2.40. The Morgan fingerprint density at radius 2 is 2.07 bits per heavy atom. The molecule has 0 amide bonds. The molecule has 15 heavy (non-hydrogen) atoms. The summed E-state index contributed by atoms with van der Waals surface area (Å²) >= 11 is 0. The van der Waals surface area contributed by atoms with E-state index in [-0.39, 0.29) is 5.78 Å². The second-order valence-corrected chi connectivity index (χ2v) is 3.06. The van der Waals surface area contributed by atoms with Gasteiger partial charge in [-0.1, -0.05) is 30.3 Å². The Morgan fingerprint density at radius 1 is 1.27 bits per heavy atom. The first-order valence-electron chi connectivity index (χ1n) is 4.61. The fourth-order valence-electron chi connectivity index (χ4n) is 1.21. The topological polar surface area (TPSA) is 34.9 Å². The number of carbonyl (C=O) groups is 1. The molecule has 0 unspecified atom stereocenters. The Labute approximate surface area is 87.7 Å². The second kappa shape index (κ2) is 4.37. The van der Waals surface area contributed by atoms with Gasteiger partial charge in [0.15, 0.2) is 5.78 Å². The Morgan fingerprint density at radius 3 is 2.73 bits per heavy atom. The maximum Gasteiger partial charge on any atom is 0.187 e. The van der Waals surface area contributed by atoms with Gasteiger partial charge in [-0.2, -0.15) is 0 Å². The number of allylic oxidation sites excluding steroid dienone is 1. The highest BCUT2D eigenvalue weighted by molar-refractivity contribution is 6.05. The number of hydrogen-bond donors (Lipinski definition) is 0. The minimum atomic E-state index is -0.00991. The second-order valence-electron chi connectivity index (χ2n) is 3.06. The molecule has 0 bridgehead atoms. The van der Waals surface area contributed by atoms with E-state index in [9.17, 15) is 4.79 Å². The van der Waals surface area contributed by atoms with E-state index in [2.05, 4.69) is 4.98 Å². The van der Waals surface area contributed by atoms with E-state index in [0.29, 0.717) is 5.56 Å². The van der Waals surface area contributed by atoms with Crippen LogP contribution in [0.4, 0.5) is 0 Å². The summed E-state index contributed by atoms with van der Waals surface area (Å²) in [5, 5.41) is 0. The molecule has 0 atom stereocenters. The fraction of sp³-hybridized carbons (Fsp3) is 0. The van der Waals surface area contributed by atoms with E-state index in [1.165, 1.54) is 6.08 Å². The van der Waals surface area contributed by atoms with Crippen molar-refractivity contribution in [3.8, 4) is 0 Å². The number of rotatable bonds is 3. The number of nitrogens with zero attached hydrogens (tertiary/aromatic N) is 2. The molecule has 2 rings (SSSR count). The van der Waals surface area contributed by atoms with Gasteiger partial charge < -0.3 is 4.57 Å². The Hall–Kier alpha value is -2.16. The number of benzene rings is 1. The largest absolute Gasteiger partial charge is 0.313 e. The molecule has 0 N–H and O–H groups in total. The predicted molar refractivity (Wildman–Crippen MR) is 58.3 cm³/mol. The van der Waals surface area contributed by atoms with Crippen molar-refractivity contribution in [2.24, 2.45) is 0 Å². The van der Waals surface area contributed by atoms with Gasteiger partial charge in [-0.3, -0.25) is 4.79 Å². The average Bonchev–Trinajstić information content (AvgIpc) is 2.80. The smallest absolute Gasteiger partial charge is 0.187 e. The maximum absolute atomic E-state index is 11.6. The summed E-state index contributed by atoms with van der Waals surface area (Å²) in [6, 6.07) is 9.16. The summed E-state index contributed by atoms with van der Waals surface area (Å²) in [5.74, 6) is -0.00991. The van der Waals surface area contributed by atoms with Gasteiger partial charge >= 0.3 is 0 Å². The monoisotopic (exact) mass is 198 g/mol.